The number of hydrogen-bond acceptors (Lipinski definition) is 2. The quantitative estimate of drug-likeness (QED) is 0.793. The lowest BCUT2D eigenvalue weighted by Crippen LogP contribution is -2.41. The molecule has 1 saturated heterocycles. The van der Waals surface area contributed by atoms with E-state index in [1.807, 2.05) is 11.8 Å². The average molecular weight is 292 g/mol. The van der Waals surface area contributed by atoms with Crippen molar-refractivity contribution in [3.8, 4) is 0 Å². The van der Waals surface area contributed by atoms with Gasteiger partial charge >= 0.3 is 0 Å². The van der Waals surface area contributed by atoms with Crippen LogP contribution in [0.1, 0.15) is 32.1 Å². The fourth-order valence-electron chi connectivity index (χ4n) is 2.26. The molecule has 1 aliphatic carbocycles. The molecule has 2 aliphatic rings. The van der Waals surface area contributed by atoms with Gasteiger partial charge in [0.05, 0.1) is 0 Å². The lowest BCUT2D eigenvalue weighted by molar-refractivity contribution is -0.125. The summed E-state index contributed by atoms with van der Waals surface area (Å²) >= 11 is 5.54. The first kappa shape index (κ1) is 11.8. The number of thioether (sulfide) groups is 1. The maximum absolute atomic E-state index is 11.9. The fourth-order valence-corrected chi connectivity index (χ4v) is 4.01. The van der Waals surface area contributed by atoms with Crippen molar-refractivity contribution in [3.05, 3.63) is 0 Å². The number of carbonyl (C=O) groups excluding carboxylic acids is 1. The molecule has 1 saturated carbocycles. The van der Waals surface area contributed by atoms with Crippen molar-refractivity contribution in [3.63, 3.8) is 0 Å². The lowest BCUT2D eigenvalue weighted by Gasteiger charge is -2.27. The van der Waals surface area contributed by atoms with E-state index >= 15 is 0 Å². The van der Waals surface area contributed by atoms with Gasteiger partial charge in [-0.1, -0.05) is 15.9 Å². The van der Waals surface area contributed by atoms with Crippen LogP contribution in [-0.4, -0.2) is 28.3 Å². The predicted octanol–water partition coefficient (Wildman–Crippen LogP) is 2.56. The molecule has 0 spiro atoms. The van der Waals surface area contributed by atoms with E-state index in [-0.39, 0.29) is 5.92 Å². The Bertz CT molecular complexity index is 223. The average Bonchev–Trinajstić information content (AvgIpc) is 2.74. The second-order valence-electron chi connectivity index (χ2n) is 4.52. The molecule has 0 radical (unpaired) electrons. The van der Waals surface area contributed by atoms with E-state index in [0.29, 0.717) is 16.8 Å². The van der Waals surface area contributed by atoms with Gasteiger partial charge in [-0.2, -0.15) is 11.8 Å². The molecule has 86 valence electrons. The van der Waals surface area contributed by atoms with Gasteiger partial charge in [0.2, 0.25) is 5.91 Å². The Morgan fingerprint density at radius 2 is 1.93 bits per heavy atom. The van der Waals surface area contributed by atoms with Crippen LogP contribution in [0.5, 0.6) is 0 Å². The van der Waals surface area contributed by atoms with Crippen molar-refractivity contribution in [1.82, 2.24) is 5.32 Å². The highest BCUT2D eigenvalue weighted by Gasteiger charge is 2.26. The Balaban J connectivity index is 1.74. The molecule has 15 heavy (non-hydrogen) atoms. The van der Waals surface area contributed by atoms with Gasteiger partial charge in [-0.25, -0.2) is 0 Å². The monoisotopic (exact) mass is 291 g/mol. The molecule has 4 heteroatoms. The molecular weight excluding hydrogens is 274 g/mol. The van der Waals surface area contributed by atoms with Gasteiger partial charge in [0.15, 0.2) is 0 Å². The predicted molar refractivity (Wildman–Crippen MR) is 68.5 cm³/mol. The first-order valence-corrected chi connectivity index (χ1v) is 7.85. The molecular formula is C11H18BrNOS. The Morgan fingerprint density at radius 3 is 2.53 bits per heavy atom. The highest BCUT2D eigenvalue weighted by Crippen LogP contribution is 2.26. The zero-order valence-corrected chi connectivity index (χ0v) is 11.3. The van der Waals surface area contributed by atoms with Crippen LogP contribution in [0.15, 0.2) is 0 Å². The minimum atomic E-state index is 0.289. The van der Waals surface area contributed by atoms with Gasteiger partial charge < -0.3 is 5.32 Å². The van der Waals surface area contributed by atoms with Crippen LogP contribution in [0.3, 0.4) is 0 Å². The summed E-state index contributed by atoms with van der Waals surface area (Å²) in [6.45, 7) is 0. The maximum Gasteiger partial charge on any atom is 0.224 e. The molecule has 1 unspecified atom stereocenters. The molecule has 0 aromatic rings. The SMILES string of the molecule is O=C(NC1CCC(Br)CC1)C1CCSC1. The molecule has 2 fully saturated rings. The van der Waals surface area contributed by atoms with Crippen molar-refractivity contribution < 1.29 is 4.79 Å². The Hall–Kier alpha value is 0.300. The number of amides is 1. The summed E-state index contributed by atoms with van der Waals surface area (Å²) in [5, 5.41) is 3.21. The normalized spacial score (nSPS) is 36.5. The van der Waals surface area contributed by atoms with Crippen LogP contribution >= 0.6 is 27.7 Å². The molecule has 0 aromatic heterocycles. The van der Waals surface area contributed by atoms with Crippen LogP contribution in [0.4, 0.5) is 0 Å². The lowest BCUT2D eigenvalue weighted by atomic mass is 9.94. The molecule has 1 aliphatic heterocycles. The fraction of sp³-hybridized carbons (Fsp3) is 0.909. The number of carbonyl (C=O) groups is 1. The second-order valence-corrected chi connectivity index (χ2v) is 6.96. The smallest absolute Gasteiger partial charge is 0.224 e. The van der Waals surface area contributed by atoms with Gasteiger partial charge in [0.25, 0.3) is 0 Å². The third-order valence-electron chi connectivity index (χ3n) is 3.30. The van der Waals surface area contributed by atoms with Gasteiger partial charge in [-0.3, -0.25) is 4.79 Å². The van der Waals surface area contributed by atoms with Crippen molar-refractivity contribution in [1.29, 1.82) is 0 Å². The standard InChI is InChI=1S/C11H18BrNOS/c12-9-1-3-10(4-2-9)13-11(14)8-5-6-15-7-8/h8-10H,1-7H2,(H,13,14). The molecule has 1 N–H and O–H groups in total. The minimum Gasteiger partial charge on any atom is -0.353 e. The van der Waals surface area contributed by atoms with Crippen molar-refractivity contribution in [2.45, 2.75) is 43.0 Å². The molecule has 1 atom stereocenters. The summed E-state index contributed by atoms with van der Waals surface area (Å²) in [4.78, 5) is 12.5. The summed E-state index contributed by atoms with van der Waals surface area (Å²) in [7, 11) is 0. The van der Waals surface area contributed by atoms with Crippen LogP contribution in [0, 0.1) is 5.92 Å². The van der Waals surface area contributed by atoms with Crippen LogP contribution in [-0.2, 0) is 4.79 Å². The molecule has 1 heterocycles. The summed E-state index contributed by atoms with van der Waals surface area (Å²) in [5.74, 6) is 2.78. The number of hydrogen-bond donors (Lipinski definition) is 1. The molecule has 2 rings (SSSR count). The summed E-state index contributed by atoms with van der Waals surface area (Å²) < 4.78 is 0. The topological polar surface area (TPSA) is 29.1 Å². The third kappa shape index (κ3) is 3.38. The molecule has 2 nitrogen and oxygen atoms in total. The van der Waals surface area contributed by atoms with Crippen LogP contribution < -0.4 is 5.32 Å². The summed E-state index contributed by atoms with van der Waals surface area (Å²) in [6, 6.07) is 0.442. The Labute approximate surface area is 104 Å². The van der Waals surface area contributed by atoms with Crippen LogP contribution in [0.25, 0.3) is 0 Å². The van der Waals surface area contributed by atoms with E-state index in [9.17, 15) is 4.79 Å². The highest BCUT2D eigenvalue weighted by molar-refractivity contribution is 9.09. The van der Waals surface area contributed by atoms with E-state index in [1.54, 1.807) is 0 Å². The van der Waals surface area contributed by atoms with Crippen molar-refractivity contribution in [2.24, 2.45) is 5.92 Å². The van der Waals surface area contributed by atoms with Gasteiger partial charge in [0.1, 0.15) is 0 Å². The number of halogens is 1. The minimum absolute atomic E-state index is 0.289. The summed E-state index contributed by atoms with van der Waals surface area (Å²) in [6.07, 6.45) is 5.75. The first-order valence-electron chi connectivity index (χ1n) is 5.78. The van der Waals surface area contributed by atoms with Crippen LogP contribution in [0.2, 0.25) is 0 Å². The molecule has 0 bridgehead atoms. The van der Waals surface area contributed by atoms with Crippen molar-refractivity contribution in [2.75, 3.05) is 11.5 Å². The van der Waals surface area contributed by atoms with Crippen molar-refractivity contribution >= 4 is 33.6 Å². The first-order chi connectivity index (χ1) is 7.25. The Morgan fingerprint density at radius 1 is 1.20 bits per heavy atom. The van der Waals surface area contributed by atoms with E-state index < -0.39 is 0 Å². The maximum atomic E-state index is 11.9. The van der Waals surface area contributed by atoms with E-state index in [0.717, 1.165) is 30.8 Å². The van der Waals surface area contributed by atoms with Gasteiger partial charge in [-0.05, 0) is 37.9 Å². The Kier molecular flexibility index (Phi) is 4.38. The second kappa shape index (κ2) is 5.58. The molecule has 1 amide bonds. The van der Waals surface area contributed by atoms with Gasteiger partial charge in [-0.15, -0.1) is 0 Å². The number of nitrogens with one attached hydrogen (secondary N) is 1. The number of alkyl halides is 1. The van der Waals surface area contributed by atoms with Gasteiger partial charge in [0, 0.05) is 22.5 Å². The largest absolute Gasteiger partial charge is 0.353 e. The van der Waals surface area contributed by atoms with E-state index in [2.05, 4.69) is 21.2 Å². The number of rotatable bonds is 2. The van der Waals surface area contributed by atoms with E-state index in [1.165, 1.54) is 12.8 Å². The zero-order valence-electron chi connectivity index (χ0n) is 8.88. The third-order valence-corrected chi connectivity index (χ3v) is 5.38. The highest BCUT2D eigenvalue weighted by atomic mass is 79.9. The molecule has 0 aromatic carbocycles. The zero-order chi connectivity index (χ0) is 10.7. The van der Waals surface area contributed by atoms with E-state index in [4.69, 9.17) is 0 Å². The summed E-state index contributed by atoms with van der Waals surface area (Å²) in [5.41, 5.74) is 0.